The predicted octanol–water partition coefficient (Wildman–Crippen LogP) is -2.53. The molecule has 12 heavy (non-hydrogen) atoms. The highest BCUT2D eigenvalue weighted by atomic mass is 32.2. The predicted molar refractivity (Wildman–Crippen MR) is 43.4 cm³/mol. The van der Waals surface area contributed by atoms with Crippen LogP contribution in [0.1, 0.15) is 0 Å². The Bertz CT molecular complexity index is 300. The lowest BCUT2D eigenvalue weighted by molar-refractivity contribution is 0.342. The van der Waals surface area contributed by atoms with Crippen LogP contribution in [0.15, 0.2) is 10.1 Å². The molecule has 0 aromatic heterocycles. The van der Waals surface area contributed by atoms with Gasteiger partial charge in [-0.25, -0.2) is 0 Å². The van der Waals surface area contributed by atoms with Crippen molar-refractivity contribution in [1.29, 1.82) is 0 Å². The van der Waals surface area contributed by atoms with Crippen molar-refractivity contribution in [2.45, 2.75) is 0 Å². The minimum atomic E-state index is -3.67. The molecule has 9 heteroatoms. The van der Waals surface area contributed by atoms with Crippen molar-refractivity contribution in [3.63, 3.8) is 0 Å². The monoisotopic (exact) mass is 195 g/mol. The molecule has 0 fully saturated rings. The first-order chi connectivity index (χ1) is 5.31. The third kappa shape index (κ3) is 6.61. The molecular formula is C3H9N5O3S. The zero-order valence-electron chi connectivity index (χ0n) is 6.26. The molecule has 0 rings (SSSR count). The molecule has 0 bridgehead atoms. The van der Waals surface area contributed by atoms with Gasteiger partial charge in [-0.1, -0.05) is 0 Å². The van der Waals surface area contributed by atoms with Crippen LogP contribution in [0.3, 0.4) is 0 Å². The maximum atomic E-state index is 10.3. The van der Waals surface area contributed by atoms with Gasteiger partial charge in [-0.15, -0.1) is 0 Å². The highest BCUT2D eigenvalue weighted by Crippen LogP contribution is 1.86. The standard InChI is InChI=1S/C3H9N5O3S/c1-12(9,10)11-8-3(6)7-2(4)5/h1H3,(H6,4,5,6,7,8). The van der Waals surface area contributed by atoms with Gasteiger partial charge in [0.15, 0.2) is 5.96 Å². The van der Waals surface area contributed by atoms with E-state index in [4.69, 9.17) is 17.2 Å². The van der Waals surface area contributed by atoms with E-state index in [0.717, 1.165) is 6.26 Å². The normalized spacial score (nSPS) is 12.2. The first kappa shape index (κ1) is 10.5. The molecule has 0 radical (unpaired) electrons. The van der Waals surface area contributed by atoms with Gasteiger partial charge < -0.3 is 17.2 Å². The number of nitrogens with two attached hydrogens (primary N) is 3. The van der Waals surface area contributed by atoms with E-state index in [2.05, 4.69) is 14.4 Å². The summed E-state index contributed by atoms with van der Waals surface area (Å²) in [6, 6.07) is 0. The summed E-state index contributed by atoms with van der Waals surface area (Å²) in [4.78, 5) is 3.19. The first-order valence-corrected chi connectivity index (χ1v) is 4.44. The van der Waals surface area contributed by atoms with E-state index in [0.29, 0.717) is 0 Å². The molecule has 0 spiro atoms. The molecule has 0 aliphatic carbocycles. The van der Waals surface area contributed by atoms with Crippen LogP contribution in [0.4, 0.5) is 0 Å². The fraction of sp³-hybridized carbons (Fsp3) is 0.333. The van der Waals surface area contributed by atoms with Crippen LogP contribution < -0.4 is 17.2 Å². The summed E-state index contributed by atoms with van der Waals surface area (Å²) in [5.41, 5.74) is 14.8. The maximum absolute atomic E-state index is 10.3. The molecule has 0 aliphatic rings. The molecule has 70 valence electrons. The molecule has 0 atom stereocenters. The molecule has 8 nitrogen and oxygen atoms in total. The van der Waals surface area contributed by atoms with Crippen molar-refractivity contribution >= 4 is 22.0 Å². The van der Waals surface area contributed by atoms with Crippen molar-refractivity contribution in [3.8, 4) is 0 Å². The average Bonchev–Trinajstić information content (AvgIpc) is 1.80. The van der Waals surface area contributed by atoms with Crippen molar-refractivity contribution in [3.05, 3.63) is 0 Å². The second-order valence-corrected chi connectivity index (χ2v) is 3.32. The lowest BCUT2D eigenvalue weighted by atomic mass is 11.0. The Morgan fingerprint density at radius 1 is 1.33 bits per heavy atom. The van der Waals surface area contributed by atoms with Crippen LogP contribution >= 0.6 is 0 Å². The number of rotatable bonds is 2. The Morgan fingerprint density at radius 3 is 2.17 bits per heavy atom. The molecule has 0 aromatic carbocycles. The van der Waals surface area contributed by atoms with Crippen LogP contribution in [0.5, 0.6) is 0 Å². The molecule has 0 aliphatic heterocycles. The van der Waals surface area contributed by atoms with E-state index >= 15 is 0 Å². The van der Waals surface area contributed by atoms with Gasteiger partial charge in [0, 0.05) is 0 Å². The van der Waals surface area contributed by atoms with E-state index in [1.807, 2.05) is 0 Å². The van der Waals surface area contributed by atoms with Gasteiger partial charge in [-0.3, -0.25) is 4.28 Å². The van der Waals surface area contributed by atoms with Gasteiger partial charge >= 0.3 is 10.1 Å². The summed E-state index contributed by atoms with van der Waals surface area (Å²) in [5, 5.41) is 2.89. The molecule has 0 unspecified atom stereocenters. The number of hydrogen-bond acceptors (Lipinski definition) is 4. The number of oxime groups is 1. The third-order valence-electron chi connectivity index (χ3n) is 0.510. The molecule has 6 N–H and O–H groups in total. The van der Waals surface area contributed by atoms with Crippen LogP contribution in [0.25, 0.3) is 0 Å². The van der Waals surface area contributed by atoms with Crippen LogP contribution in [-0.4, -0.2) is 26.6 Å². The Kier molecular flexibility index (Phi) is 3.29. The second-order valence-electron chi connectivity index (χ2n) is 1.76. The molecule has 0 heterocycles. The number of aliphatic imine (C=N–C) groups is 1. The van der Waals surface area contributed by atoms with Gasteiger partial charge in [-0.2, -0.15) is 13.4 Å². The third-order valence-corrected chi connectivity index (χ3v) is 0.855. The van der Waals surface area contributed by atoms with E-state index < -0.39 is 16.1 Å². The van der Waals surface area contributed by atoms with Crippen molar-refractivity contribution < 1.29 is 12.7 Å². The number of nitrogens with zero attached hydrogens (tertiary/aromatic N) is 2. The van der Waals surface area contributed by atoms with Crippen molar-refractivity contribution in [2.24, 2.45) is 27.3 Å². The summed E-state index contributed by atoms with van der Waals surface area (Å²) in [5.74, 6) is -0.811. The Labute approximate surface area is 69.2 Å². The minimum absolute atomic E-state index is 0.339. The van der Waals surface area contributed by atoms with Crippen LogP contribution in [0, 0.1) is 0 Å². The SMILES string of the molecule is CS(=O)(=O)O/N=C(\N)N=C(N)N. The fourth-order valence-corrected chi connectivity index (χ4v) is 0.470. The lowest BCUT2D eigenvalue weighted by Gasteiger charge is -1.93. The first-order valence-electron chi connectivity index (χ1n) is 2.63. The summed E-state index contributed by atoms with van der Waals surface area (Å²) in [6.07, 6.45) is 0.805. The average molecular weight is 195 g/mol. The molecule has 0 aromatic rings. The minimum Gasteiger partial charge on any atom is -0.370 e. The van der Waals surface area contributed by atoms with E-state index in [9.17, 15) is 8.42 Å². The summed E-state index contributed by atoms with van der Waals surface area (Å²) >= 11 is 0. The topological polar surface area (TPSA) is 146 Å². The summed E-state index contributed by atoms with van der Waals surface area (Å²) < 4.78 is 24.6. The van der Waals surface area contributed by atoms with Gasteiger partial charge in [0.2, 0.25) is 0 Å². The zero-order valence-corrected chi connectivity index (χ0v) is 7.08. The molecule has 0 saturated carbocycles. The Morgan fingerprint density at radius 2 is 1.83 bits per heavy atom. The molecular weight excluding hydrogens is 186 g/mol. The quantitative estimate of drug-likeness (QED) is 0.251. The van der Waals surface area contributed by atoms with Gasteiger partial charge in [0.05, 0.1) is 6.26 Å². The smallest absolute Gasteiger partial charge is 0.325 e. The lowest BCUT2D eigenvalue weighted by Crippen LogP contribution is -2.26. The van der Waals surface area contributed by atoms with Crippen LogP contribution in [0.2, 0.25) is 0 Å². The molecule has 0 saturated heterocycles. The number of hydrogen-bond donors (Lipinski definition) is 3. The van der Waals surface area contributed by atoms with E-state index in [1.165, 1.54) is 0 Å². The number of guanidine groups is 2. The van der Waals surface area contributed by atoms with Gasteiger partial charge in [0.1, 0.15) is 0 Å². The summed E-state index contributed by atoms with van der Waals surface area (Å²) in [6.45, 7) is 0. The second kappa shape index (κ2) is 3.76. The fourth-order valence-electron chi connectivity index (χ4n) is 0.259. The van der Waals surface area contributed by atoms with Crippen molar-refractivity contribution in [1.82, 2.24) is 0 Å². The Hall–Kier alpha value is -1.51. The van der Waals surface area contributed by atoms with Crippen LogP contribution in [-0.2, 0) is 14.4 Å². The largest absolute Gasteiger partial charge is 0.370 e. The van der Waals surface area contributed by atoms with Crippen molar-refractivity contribution in [2.75, 3.05) is 6.26 Å². The highest BCUT2D eigenvalue weighted by molar-refractivity contribution is 7.85. The molecule has 0 amide bonds. The maximum Gasteiger partial charge on any atom is 0.325 e. The van der Waals surface area contributed by atoms with E-state index in [1.54, 1.807) is 0 Å². The van der Waals surface area contributed by atoms with Gasteiger partial charge in [0.25, 0.3) is 5.96 Å². The van der Waals surface area contributed by atoms with Gasteiger partial charge in [-0.05, 0) is 5.16 Å². The summed E-state index contributed by atoms with van der Waals surface area (Å²) in [7, 11) is -3.67. The highest BCUT2D eigenvalue weighted by Gasteiger charge is 1.99. The van der Waals surface area contributed by atoms with E-state index in [-0.39, 0.29) is 5.96 Å². The zero-order chi connectivity index (χ0) is 9.78. The Balaban J connectivity index is 4.31.